The summed E-state index contributed by atoms with van der Waals surface area (Å²) >= 11 is 0.241. The fourth-order valence-electron chi connectivity index (χ4n) is 3.26. The molecule has 2 N–H and O–H groups in total. The highest BCUT2D eigenvalue weighted by Crippen LogP contribution is 2.33. The molecule has 4 aromatic rings. The molecular weight excluding hydrogens is 510 g/mol. The Bertz CT molecular complexity index is 1550. The van der Waals surface area contributed by atoms with Gasteiger partial charge in [0.2, 0.25) is 0 Å². The van der Waals surface area contributed by atoms with E-state index in [0.717, 1.165) is 16.5 Å². The van der Waals surface area contributed by atoms with Gasteiger partial charge in [0.25, 0.3) is 5.91 Å². The molecule has 1 amide bonds. The number of sulfone groups is 1. The number of amides is 1. The second-order valence-electron chi connectivity index (χ2n) is 7.41. The van der Waals surface area contributed by atoms with Crippen LogP contribution in [-0.2, 0) is 22.6 Å². The Balaban J connectivity index is 1.83. The Labute approximate surface area is 200 Å². The van der Waals surface area contributed by atoms with Gasteiger partial charge in [0, 0.05) is 23.2 Å². The minimum Gasteiger partial charge on any atom is -0.381 e. The number of anilines is 2. The van der Waals surface area contributed by atoms with Crippen molar-refractivity contribution in [2.24, 2.45) is 0 Å². The quantitative estimate of drug-likeness (QED) is 0.390. The summed E-state index contributed by atoms with van der Waals surface area (Å²) in [6, 6.07) is 8.45. The highest BCUT2D eigenvalue weighted by atomic mass is 32.2. The lowest BCUT2D eigenvalue weighted by atomic mass is 10.1. The first-order valence-electron chi connectivity index (χ1n) is 9.69. The number of carbonyl (C=O) groups excluding carboxylic acids is 1. The largest absolute Gasteiger partial charge is 0.443 e. The van der Waals surface area contributed by atoms with Crippen LogP contribution in [0.2, 0.25) is 0 Å². The Morgan fingerprint density at radius 2 is 1.91 bits per heavy atom. The summed E-state index contributed by atoms with van der Waals surface area (Å²) in [6.45, 7) is -0.277. The van der Waals surface area contributed by atoms with E-state index in [0.29, 0.717) is 16.5 Å². The van der Waals surface area contributed by atoms with Crippen LogP contribution in [0.5, 0.6) is 0 Å². The molecule has 0 spiro atoms. The first-order chi connectivity index (χ1) is 16.3. The molecular formula is C21H15F4N5O3S2. The predicted octanol–water partition coefficient (Wildman–Crippen LogP) is 4.08. The van der Waals surface area contributed by atoms with Gasteiger partial charge < -0.3 is 5.73 Å². The second kappa shape index (κ2) is 8.85. The number of aromatic nitrogens is 3. The first-order valence-corrected chi connectivity index (χ1v) is 12.5. The third-order valence-corrected chi connectivity index (χ3v) is 6.71. The molecule has 0 atom stereocenters. The maximum absolute atomic E-state index is 13.7. The zero-order valence-corrected chi connectivity index (χ0v) is 19.4. The summed E-state index contributed by atoms with van der Waals surface area (Å²) in [4.78, 5) is 25.5. The molecule has 3 aromatic heterocycles. The maximum Gasteiger partial charge on any atom is 0.443 e. The van der Waals surface area contributed by atoms with Crippen LogP contribution < -0.4 is 10.6 Å². The molecule has 0 fully saturated rings. The van der Waals surface area contributed by atoms with Gasteiger partial charge in [-0.25, -0.2) is 27.8 Å². The van der Waals surface area contributed by atoms with Gasteiger partial charge in [-0.2, -0.15) is 13.2 Å². The van der Waals surface area contributed by atoms with E-state index in [1.54, 1.807) is 6.07 Å². The number of fused-ring (bicyclic) bond motifs is 1. The lowest BCUT2D eigenvalue weighted by Gasteiger charge is -2.24. The average Bonchev–Trinajstić information content (AvgIpc) is 3.28. The second-order valence-corrected chi connectivity index (χ2v) is 10.2. The predicted molar refractivity (Wildman–Crippen MR) is 121 cm³/mol. The molecule has 0 saturated carbocycles. The summed E-state index contributed by atoms with van der Waals surface area (Å²) in [5, 5.41) is -0.293. The zero-order chi connectivity index (χ0) is 25.5. The fraction of sp³-hybridized carbons (Fsp3) is 0.143. The summed E-state index contributed by atoms with van der Waals surface area (Å²) in [6.07, 6.45) is -2.65. The van der Waals surface area contributed by atoms with Crippen molar-refractivity contribution in [3.63, 3.8) is 0 Å². The van der Waals surface area contributed by atoms with E-state index in [1.165, 1.54) is 36.5 Å². The molecule has 14 heteroatoms. The van der Waals surface area contributed by atoms with Gasteiger partial charge >= 0.3 is 6.18 Å². The molecule has 0 aliphatic carbocycles. The van der Waals surface area contributed by atoms with E-state index >= 15 is 0 Å². The van der Waals surface area contributed by atoms with Gasteiger partial charge in [-0.1, -0.05) is 12.1 Å². The van der Waals surface area contributed by atoms with Crippen LogP contribution in [0, 0.1) is 5.82 Å². The van der Waals surface area contributed by atoms with Gasteiger partial charge in [0.05, 0.1) is 17.7 Å². The van der Waals surface area contributed by atoms with Gasteiger partial charge in [0.1, 0.15) is 5.69 Å². The summed E-state index contributed by atoms with van der Waals surface area (Å²) in [5.41, 5.74) is 5.59. The highest BCUT2D eigenvalue weighted by Gasteiger charge is 2.36. The van der Waals surface area contributed by atoms with Crippen molar-refractivity contribution in [3.05, 3.63) is 70.1 Å². The van der Waals surface area contributed by atoms with E-state index in [9.17, 15) is 30.8 Å². The lowest BCUT2D eigenvalue weighted by molar-refractivity contribution is -0.137. The number of carbonyl (C=O) groups is 1. The molecule has 0 unspecified atom stereocenters. The van der Waals surface area contributed by atoms with Crippen LogP contribution in [0.3, 0.4) is 0 Å². The minimum absolute atomic E-state index is 0.145. The van der Waals surface area contributed by atoms with Crippen LogP contribution >= 0.6 is 11.3 Å². The maximum atomic E-state index is 13.7. The van der Waals surface area contributed by atoms with Crippen LogP contribution in [0.25, 0.3) is 10.9 Å². The molecule has 0 bridgehead atoms. The van der Waals surface area contributed by atoms with E-state index in [1.807, 2.05) is 0 Å². The minimum atomic E-state index is -4.75. The van der Waals surface area contributed by atoms with Crippen molar-refractivity contribution in [3.8, 4) is 0 Å². The third kappa shape index (κ3) is 5.07. The van der Waals surface area contributed by atoms with Crippen LogP contribution in [0.1, 0.15) is 21.1 Å². The van der Waals surface area contributed by atoms with Crippen molar-refractivity contribution in [2.75, 3.05) is 16.9 Å². The molecule has 4 rings (SSSR count). The summed E-state index contributed by atoms with van der Waals surface area (Å²) < 4.78 is 77.5. The van der Waals surface area contributed by atoms with E-state index in [2.05, 4.69) is 15.0 Å². The lowest BCUT2D eigenvalue weighted by Crippen LogP contribution is -2.32. The Kier molecular flexibility index (Phi) is 6.19. The molecule has 35 heavy (non-hydrogen) atoms. The standard InChI is InChI=1S/C21H15F4N5O3S2/c1-35(32,33)18-16(3-2-6-27-18)30(19(31)15-10-34-20(29-15)21(23,24)25)9-11-4-5-12-8-13(22)17(26)28-14(12)7-11/h2-8,10H,9H2,1H3,(H2,26,28). The fourth-order valence-corrected chi connectivity index (χ4v) is 4.73. The number of hydrogen-bond donors (Lipinski definition) is 1. The van der Waals surface area contributed by atoms with E-state index < -0.39 is 43.5 Å². The molecule has 0 saturated heterocycles. The Hall–Kier alpha value is -3.65. The average molecular weight is 526 g/mol. The van der Waals surface area contributed by atoms with Gasteiger partial charge in [-0.05, 0) is 29.8 Å². The zero-order valence-electron chi connectivity index (χ0n) is 17.7. The number of nitrogens with zero attached hydrogens (tertiary/aromatic N) is 4. The molecule has 3 heterocycles. The number of hydrogen-bond acceptors (Lipinski definition) is 8. The van der Waals surface area contributed by atoms with Crippen LogP contribution in [0.15, 0.2) is 53.0 Å². The molecule has 0 radical (unpaired) electrons. The van der Waals surface area contributed by atoms with E-state index in [-0.39, 0.29) is 29.4 Å². The monoisotopic (exact) mass is 525 g/mol. The number of thiazole rings is 1. The number of halogens is 4. The number of benzene rings is 1. The first kappa shape index (κ1) is 24.5. The number of rotatable bonds is 5. The molecule has 0 aliphatic rings. The van der Waals surface area contributed by atoms with Crippen molar-refractivity contribution >= 4 is 49.5 Å². The SMILES string of the molecule is CS(=O)(=O)c1ncccc1N(Cc1ccc2cc(F)c(N)nc2c1)C(=O)c1csc(C(F)(F)F)n1. The van der Waals surface area contributed by atoms with E-state index in [4.69, 9.17) is 5.73 Å². The number of nitrogens with two attached hydrogens (primary N) is 1. The topological polar surface area (TPSA) is 119 Å². The van der Waals surface area contributed by atoms with Crippen molar-refractivity contribution in [2.45, 2.75) is 17.7 Å². The Morgan fingerprint density at radius 3 is 2.57 bits per heavy atom. The molecule has 182 valence electrons. The normalized spacial score (nSPS) is 12.1. The summed E-state index contributed by atoms with van der Waals surface area (Å²) in [7, 11) is -3.92. The Morgan fingerprint density at radius 1 is 1.17 bits per heavy atom. The van der Waals surface area contributed by atoms with Crippen LogP contribution in [0.4, 0.5) is 29.1 Å². The van der Waals surface area contributed by atoms with Gasteiger partial charge in [0.15, 0.2) is 31.5 Å². The summed E-state index contributed by atoms with van der Waals surface area (Å²) in [5.74, 6) is -2.02. The molecule has 0 aliphatic heterocycles. The smallest absolute Gasteiger partial charge is 0.381 e. The molecule has 8 nitrogen and oxygen atoms in total. The highest BCUT2D eigenvalue weighted by molar-refractivity contribution is 7.90. The van der Waals surface area contributed by atoms with Crippen LogP contribution in [-0.4, -0.2) is 35.5 Å². The van der Waals surface area contributed by atoms with Crippen molar-refractivity contribution in [1.29, 1.82) is 0 Å². The van der Waals surface area contributed by atoms with Crippen molar-refractivity contribution < 1.29 is 30.8 Å². The van der Waals surface area contributed by atoms with Gasteiger partial charge in [-0.3, -0.25) is 9.69 Å². The number of pyridine rings is 2. The van der Waals surface area contributed by atoms with Gasteiger partial charge in [-0.15, -0.1) is 11.3 Å². The number of alkyl halides is 3. The third-order valence-electron chi connectivity index (χ3n) is 4.81. The molecule has 1 aromatic carbocycles. The number of nitrogen functional groups attached to an aromatic ring is 1. The van der Waals surface area contributed by atoms with Crippen molar-refractivity contribution in [1.82, 2.24) is 15.0 Å².